The monoisotopic (exact) mass is 304 g/mol. The van der Waals surface area contributed by atoms with Gasteiger partial charge in [-0.1, -0.05) is 0 Å². The number of hydrogen-bond donors (Lipinski definition) is 1. The van der Waals surface area contributed by atoms with Gasteiger partial charge in [0.15, 0.2) is 11.6 Å². The van der Waals surface area contributed by atoms with E-state index in [4.69, 9.17) is 15.2 Å². The van der Waals surface area contributed by atoms with Crippen LogP contribution in [0.25, 0.3) is 0 Å². The predicted molar refractivity (Wildman–Crippen MR) is 80.2 cm³/mol. The Balaban J connectivity index is 2.36. The second-order valence-electron chi connectivity index (χ2n) is 4.88. The Morgan fingerprint density at radius 3 is 2.77 bits per heavy atom. The fourth-order valence-electron chi connectivity index (χ4n) is 2.07. The Labute approximate surface area is 127 Å². The first-order valence-corrected chi connectivity index (χ1v) is 6.69. The fourth-order valence-corrected chi connectivity index (χ4v) is 2.07. The molecule has 2 rings (SSSR count). The lowest BCUT2D eigenvalue weighted by Crippen LogP contribution is -2.13. The third kappa shape index (κ3) is 3.33. The molecule has 0 fully saturated rings. The number of aromatic nitrogens is 1. The van der Waals surface area contributed by atoms with Gasteiger partial charge in [-0.15, -0.1) is 0 Å². The Morgan fingerprint density at radius 2 is 2.09 bits per heavy atom. The van der Waals surface area contributed by atoms with Crippen molar-refractivity contribution in [3.05, 3.63) is 53.0 Å². The highest BCUT2D eigenvalue weighted by Gasteiger charge is 2.20. The molecule has 2 N–H and O–H groups in total. The first-order chi connectivity index (χ1) is 10.4. The second-order valence-corrected chi connectivity index (χ2v) is 4.88. The maximum atomic E-state index is 13.5. The molecule has 0 radical (unpaired) electrons. The van der Waals surface area contributed by atoms with Gasteiger partial charge < -0.3 is 15.2 Å². The van der Waals surface area contributed by atoms with Gasteiger partial charge in [0.1, 0.15) is 11.9 Å². The number of methoxy groups -OCH3 is 1. The number of anilines is 1. The zero-order chi connectivity index (χ0) is 16.3. The van der Waals surface area contributed by atoms with Crippen LogP contribution in [0.5, 0.6) is 5.75 Å². The molecule has 116 valence electrons. The van der Waals surface area contributed by atoms with Crippen LogP contribution >= 0.6 is 0 Å². The van der Waals surface area contributed by atoms with Gasteiger partial charge in [0.05, 0.1) is 12.7 Å². The topological polar surface area (TPSA) is 74.4 Å². The number of ether oxygens (including phenoxy) is 2. The van der Waals surface area contributed by atoms with Crippen molar-refractivity contribution < 1.29 is 18.7 Å². The summed E-state index contributed by atoms with van der Waals surface area (Å²) < 4.78 is 24.0. The number of nitrogens with zero attached hydrogens (tertiary/aromatic N) is 1. The molecule has 1 atom stereocenters. The molecule has 0 saturated heterocycles. The van der Waals surface area contributed by atoms with Crippen molar-refractivity contribution in [3.63, 3.8) is 0 Å². The molecule has 0 aliphatic carbocycles. The molecule has 0 amide bonds. The molecule has 0 saturated carbocycles. The largest absolute Gasteiger partial charge is 0.482 e. The van der Waals surface area contributed by atoms with Crippen molar-refractivity contribution in [2.75, 3.05) is 12.8 Å². The van der Waals surface area contributed by atoms with E-state index in [2.05, 4.69) is 4.98 Å². The number of benzene rings is 1. The van der Waals surface area contributed by atoms with Crippen LogP contribution in [0.3, 0.4) is 0 Å². The number of esters is 1. The molecule has 1 heterocycles. The maximum Gasteiger partial charge on any atom is 0.338 e. The van der Waals surface area contributed by atoms with Crippen LogP contribution in [0.2, 0.25) is 0 Å². The number of nitrogens with two attached hydrogens (primary N) is 1. The number of halogens is 1. The Bertz CT molecular complexity index is 704. The standard InChI is InChI=1S/C16H17FN2O3/c1-9-6-14(15(18)19-8-9)22-10(2)13-7-11(17)4-5-12(13)16(20)21-3/h4-8,10H,1-3H3,(H2,18,19). The van der Waals surface area contributed by atoms with Crippen molar-refractivity contribution >= 4 is 11.8 Å². The van der Waals surface area contributed by atoms with Gasteiger partial charge in [-0.25, -0.2) is 14.2 Å². The number of carbonyl (C=O) groups excluding carboxylic acids is 1. The van der Waals surface area contributed by atoms with E-state index in [0.29, 0.717) is 11.3 Å². The third-order valence-electron chi connectivity index (χ3n) is 3.18. The number of pyridine rings is 1. The van der Waals surface area contributed by atoms with Crippen LogP contribution in [-0.2, 0) is 4.74 Å². The average Bonchev–Trinajstić information content (AvgIpc) is 2.50. The molecule has 6 heteroatoms. The van der Waals surface area contributed by atoms with Crippen LogP contribution in [-0.4, -0.2) is 18.1 Å². The summed E-state index contributed by atoms with van der Waals surface area (Å²) >= 11 is 0. The lowest BCUT2D eigenvalue weighted by Gasteiger charge is -2.18. The van der Waals surface area contributed by atoms with Crippen LogP contribution in [0.4, 0.5) is 10.2 Å². The summed E-state index contributed by atoms with van der Waals surface area (Å²) in [6, 6.07) is 5.55. The zero-order valence-electron chi connectivity index (χ0n) is 12.6. The SMILES string of the molecule is COC(=O)c1ccc(F)cc1C(C)Oc1cc(C)cnc1N. The van der Waals surface area contributed by atoms with E-state index in [0.717, 1.165) is 5.56 Å². The van der Waals surface area contributed by atoms with Gasteiger partial charge in [0.2, 0.25) is 0 Å². The van der Waals surface area contributed by atoms with Crippen molar-refractivity contribution in [2.24, 2.45) is 0 Å². The van der Waals surface area contributed by atoms with Gasteiger partial charge in [0.25, 0.3) is 0 Å². The summed E-state index contributed by atoms with van der Waals surface area (Å²) in [6.45, 7) is 3.55. The Morgan fingerprint density at radius 1 is 1.36 bits per heavy atom. The van der Waals surface area contributed by atoms with E-state index in [1.54, 1.807) is 19.2 Å². The summed E-state index contributed by atoms with van der Waals surface area (Å²) in [5.74, 6) is -0.407. The molecule has 1 unspecified atom stereocenters. The van der Waals surface area contributed by atoms with Crippen molar-refractivity contribution in [3.8, 4) is 5.75 Å². The molecular weight excluding hydrogens is 287 g/mol. The summed E-state index contributed by atoms with van der Waals surface area (Å²) in [6.07, 6.45) is 1.02. The van der Waals surface area contributed by atoms with E-state index >= 15 is 0 Å². The van der Waals surface area contributed by atoms with Gasteiger partial charge in [-0.05, 0) is 43.7 Å². The normalized spacial score (nSPS) is 11.8. The highest BCUT2D eigenvalue weighted by molar-refractivity contribution is 5.91. The molecule has 1 aromatic carbocycles. The van der Waals surface area contributed by atoms with Crippen molar-refractivity contribution in [1.82, 2.24) is 4.98 Å². The number of hydrogen-bond acceptors (Lipinski definition) is 5. The van der Waals surface area contributed by atoms with E-state index in [1.165, 1.54) is 25.3 Å². The van der Waals surface area contributed by atoms with Crippen LogP contribution < -0.4 is 10.5 Å². The summed E-state index contributed by atoms with van der Waals surface area (Å²) in [4.78, 5) is 15.8. The molecule has 5 nitrogen and oxygen atoms in total. The lowest BCUT2D eigenvalue weighted by molar-refractivity contribution is 0.0595. The molecule has 0 spiro atoms. The molecule has 22 heavy (non-hydrogen) atoms. The molecule has 0 aliphatic heterocycles. The third-order valence-corrected chi connectivity index (χ3v) is 3.18. The van der Waals surface area contributed by atoms with Gasteiger partial charge in [0, 0.05) is 11.8 Å². The average molecular weight is 304 g/mol. The minimum atomic E-state index is -0.601. The van der Waals surface area contributed by atoms with Gasteiger partial charge in [-0.3, -0.25) is 0 Å². The zero-order valence-corrected chi connectivity index (χ0v) is 12.6. The maximum absolute atomic E-state index is 13.5. The second kappa shape index (κ2) is 6.43. The smallest absolute Gasteiger partial charge is 0.338 e. The van der Waals surface area contributed by atoms with E-state index in [1.807, 2.05) is 6.92 Å². The predicted octanol–water partition coefficient (Wildman–Crippen LogP) is 3.04. The van der Waals surface area contributed by atoms with E-state index < -0.39 is 17.9 Å². The van der Waals surface area contributed by atoms with Gasteiger partial charge in [-0.2, -0.15) is 0 Å². The van der Waals surface area contributed by atoms with Gasteiger partial charge >= 0.3 is 5.97 Å². The fraction of sp³-hybridized carbons (Fsp3) is 0.250. The van der Waals surface area contributed by atoms with Crippen LogP contribution in [0.15, 0.2) is 30.5 Å². The summed E-state index contributed by atoms with van der Waals surface area (Å²) in [7, 11) is 1.27. The number of aryl methyl sites for hydroxylation is 1. The summed E-state index contributed by atoms with van der Waals surface area (Å²) in [5, 5.41) is 0. The highest BCUT2D eigenvalue weighted by Crippen LogP contribution is 2.28. The number of nitrogen functional groups attached to an aromatic ring is 1. The van der Waals surface area contributed by atoms with Crippen molar-refractivity contribution in [2.45, 2.75) is 20.0 Å². The van der Waals surface area contributed by atoms with Crippen molar-refractivity contribution in [1.29, 1.82) is 0 Å². The summed E-state index contributed by atoms with van der Waals surface area (Å²) in [5.41, 5.74) is 7.27. The Hall–Kier alpha value is -2.63. The van der Waals surface area contributed by atoms with Crippen LogP contribution in [0, 0.1) is 12.7 Å². The number of rotatable bonds is 4. The minimum Gasteiger partial charge on any atom is -0.482 e. The molecule has 1 aromatic heterocycles. The Kier molecular flexibility index (Phi) is 4.60. The first-order valence-electron chi connectivity index (χ1n) is 6.69. The highest BCUT2D eigenvalue weighted by atomic mass is 19.1. The van der Waals surface area contributed by atoms with Crippen LogP contribution in [0.1, 0.15) is 34.5 Å². The minimum absolute atomic E-state index is 0.230. The molecule has 2 aromatic rings. The quantitative estimate of drug-likeness (QED) is 0.879. The van der Waals surface area contributed by atoms with E-state index in [9.17, 15) is 9.18 Å². The van der Waals surface area contributed by atoms with E-state index in [-0.39, 0.29) is 11.4 Å². The molecular formula is C16H17FN2O3. The lowest BCUT2D eigenvalue weighted by atomic mass is 10.0. The molecule has 0 aliphatic rings. The molecule has 0 bridgehead atoms. The number of carbonyl (C=O) groups is 1. The first kappa shape index (κ1) is 15.8.